The average Bonchev–Trinajstić information content (AvgIpc) is 3.25. The van der Waals surface area contributed by atoms with Gasteiger partial charge in [0.25, 0.3) is 0 Å². The first-order valence-electron chi connectivity index (χ1n) is 7.12. The number of carbonyl (C=O) groups is 1. The lowest BCUT2D eigenvalue weighted by Crippen LogP contribution is -2.38. The summed E-state index contributed by atoms with van der Waals surface area (Å²) in [6, 6.07) is 11.0. The summed E-state index contributed by atoms with van der Waals surface area (Å²) >= 11 is 0. The maximum Gasteiger partial charge on any atom is 0.234 e. The van der Waals surface area contributed by atoms with Crippen molar-refractivity contribution in [3.8, 4) is 6.07 Å². The van der Waals surface area contributed by atoms with Crippen LogP contribution in [0.4, 0.5) is 0 Å². The van der Waals surface area contributed by atoms with E-state index in [9.17, 15) is 4.79 Å². The van der Waals surface area contributed by atoms with Gasteiger partial charge in [0, 0.05) is 19.1 Å². The highest BCUT2D eigenvalue weighted by Gasteiger charge is 2.30. The Morgan fingerprint density at radius 3 is 2.70 bits per heavy atom. The minimum Gasteiger partial charge on any atom is -0.354 e. The lowest BCUT2D eigenvalue weighted by molar-refractivity contribution is -0.122. The second-order valence-electron chi connectivity index (χ2n) is 5.38. The molecular formula is C16H21N3O. The van der Waals surface area contributed by atoms with Gasteiger partial charge in [-0.25, -0.2) is 0 Å². The minimum atomic E-state index is 0.0132. The predicted octanol–water partition coefficient (Wildman–Crippen LogP) is 1.99. The van der Waals surface area contributed by atoms with Crippen molar-refractivity contribution in [3.63, 3.8) is 0 Å². The number of hydrogen-bond acceptors (Lipinski definition) is 3. The summed E-state index contributed by atoms with van der Waals surface area (Å²) < 4.78 is 0. The second-order valence-corrected chi connectivity index (χ2v) is 5.38. The quantitative estimate of drug-likeness (QED) is 0.772. The first-order chi connectivity index (χ1) is 9.69. The molecule has 1 aliphatic rings. The van der Waals surface area contributed by atoms with E-state index in [2.05, 4.69) is 41.4 Å². The maximum atomic E-state index is 11.8. The fraction of sp³-hybridized carbons (Fsp3) is 0.500. The lowest BCUT2D eigenvalue weighted by atomic mass is 10.1. The summed E-state index contributed by atoms with van der Waals surface area (Å²) in [6.07, 6.45) is 2.72. The SMILES string of the molecule is Cc1ccc(CN(CC(=O)NCCC#N)C2CC2)cc1. The molecule has 0 bridgehead atoms. The van der Waals surface area contributed by atoms with Gasteiger partial charge >= 0.3 is 0 Å². The minimum absolute atomic E-state index is 0.0132. The Morgan fingerprint density at radius 2 is 2.10 bits per heavy atom. The first-order valence-corrected chi connectivity index (χ1v) is 7.12. The van der Waals surface area contributed by atoms with E-state index in [1.165, 1.54) is 24.0 Å². The lowest BCUT2D eigenvalue weighted by Gasteiger charge is -2.21. The zero-order valence-electron chi connectivity index (χ0n) is 11.9. The number of rotatable bonds is 7. The molecule has 1 amide bonds. The standard InChI is InChI=1S/C16H21N3O/c1-13-3-5-14(6-4-13)11-19(15-7-8-15)12-16(20)18-10-2-9-17/h3-6,15H,2,7-8,10-12H2,1H3,(H,18,20). The van der Waals surface area contributed by atoms with Crippen LogP contribution in [0.5, 0.6) is 0 Å². The number of hydrogen-bond donors (Lipinski definition) is 1. The molecule has 20 heavy (non-hydrogen) atoms. The van der Waals surface area contributed by atoms with Crippen molar-refractivity contribution < 1.29 is 4.79 Å². The Labute approximate surface area is 120 Å². The molecular weight excluding hydrogens is 250 g/mol. The van der Waals surface area contributed by atoms with Gasteiger partial charge in [-0.2, -0.15) is 5.26 Å². The molecule has 106 valence electrons. The molecule has 0 heterocycles. The van der Waals surface area contributed by atoms with Crippen molar-refractivity contribution in [1.82, 2.24) is 10.2 Å². The van der Waals surface area contributed by atoms with Crippen molar-refractivity contribution in [1.29, 1.82) is 5.26 Å². The third kappa shape index (κ3) is 4.67. The van der Waals surface area contributed by atoms with Gasteiger partial charge in [0.05, 0.1) is 19.0 Å². The fourth-order valence-electron chi connectivity index (χ4n) is 2.18. The van der Waals surface area contributed by atoms with Crippen molar-refractivity contribution in [2.75, 3.05) is 13.1 Å². The van der Waals surface area contributed by atoms with Crippen LogP contribution in [0.15, 0.2) is 24.3 Å². The van der Waals surface area contributed by atoms with E-state index in [1.54, 1.807) is 0 Å². The molecule has 0 spiro atoms. The number of benzene rings is 1. The first kappa shape index (κ1) is 14.5. The van der Waals surface area contributed by atoms with Crippen molar-refractivity contribution in [2.45, 2.75) is 38.8 Å². The zero-order valence-corrected chi connectivity index (χ0v) is 11.9. The summed E-state index contributed by atoms with van der Waals surface area (Å²) in [5, 5.41) is 11.3. The number of aryl methyl sites for hydroxylation is 1. The van der Waals surface area contributed by atoms with Crippen LogP contribution >= 0.6 is 0 Å². The van der Waals surface area contributed by atoms with Gasteiger partial charge in [-0.3, -0.25) is 9.69 Å². The van der Waals surface area contributed by atoms with Crippen LogP contribution in [-0.4, -0.2) is 29.9 Å². The summed E-state index contributed by atoms with van der Waals surface area (Å²) in [5.41, 5.74) is 2.49. The number of nitrogens with one attached hydrogen (secondary N) is 1. The highest BCUT2D eigenvalue weighted by molar-refractivity contribution is 5.78. The van der Waals surface area contributed by atoms with E-state index in [0.717, 1.165) is 6.54 Å². The van der Waals surface area contributed by atoms with Crippen LogP contribution in [0.25, 0.3) is 0 Å². The third-order valence-corrected chi connectivity index (χ3v) is 3.48. The molecule has 0 atom stereocenters. The summed E-state index contributed by atoms with van der Waals surface area (Å²) in [4.78, 5) is 14.1. The highest BCUT2D eigenvalue weighted by atomic mass is 16.2. The van der Waals surface area contributed by atoms with E-state index >= 15 is 0 Å². The topological polar surface area (TPSA) is 56.1 Å². The van der Waals surface area contributed by atoms with E-state index in [1.807, 2.05) is 6.07 Å². The summed E-state index contributed by atoms with van der Waals surface area (Å²) in [7, 11) is 0. The Balaban J connectivity index is 1.86. The van der Waals surface area contributed by atoms with Gasteiger partial charge in [-0.05, 0) is 25.3 Å². The maximum absolute atomic E-state index is 11.8. The molecule has 0 radical (unpaired) electrons. The average molecular weight is 271 g/mol. The van der Waals surface area contributed by atoms with E-state index < -0.39 is 0 Å². The second kappa shape index (κ2) is 7.06. The van der Waals surface area contributed by atoms with Gasteiger partial charge in [-0.1, -0.05) is 29.8 Å². The molecule has 1 aromatic carbocycles. The van der Waals surface area contributed by atoms with E-state index in [0.29, 0.717) is 25.6 Å². The molecule has 0 unspecified atom stereocenters. The molecule has 0 saturated heterocycles. The van der Waals surface area contributed by atoms with Gasteiger partial charge in [0.15, 0.2) is 0 Å². The van der Waals surface area contributed by atoms with Gasteiger partial charge in [-0.15, -0.1) is 0 Å². The predicted molar refractivity (Wildman–Crippen MR) is 77.9 cm³/mol. The Hall–Kier alpha value is -1.86. The fourth-order valence-corrected chi connectivity index (χ4v) is 2.18. The van der Waals surface area contributed by atoms with Crippen LogP contribution in [0, 0.1) is 18.3 Å². The number of carbonyl (C=O) groups excluding carboxylic acids is 1. The third-order valence-electron chi connectivity index (χ3n) is 3.48. The van der Waals surface area contributed by atoms with Gasteiger partial charge in [0.1, 0.15) is 0 Å². The Morgan fingerprint density at radius 1 is 1.40 bits per heavy atom. The van der Waals surface area contributed by atoms with Crippen LogP contribution < -0.4 is 5.32 Å². The number of nitriles is 1. The van der Waals surface area contributed by atoms with Crippen molar-refractivity contribution >= 4 is 5.91 Å². The Kier molecular flexibility index (Phi) is 5.14. The van der Waals surface area contributed by atoms with E-state index in [4.69, 9.17) is 5.26 Å². The number of amides is 1. The monoisotopic (exact) mass is 271 g/mol. The smallest absolute Gasteiger partial charge is 0.234 e. The van der Waals surface area contributed by atoms with Crippen molar-refractivity contribution in [3.05, 3.63) is 35.4 Å². The highest BCUT2D eigenvalue weighted by Crippen LogP contribution is 2.28. The van der Waals surface area contributed by atoms with Gasteiger partial charge in [0.2, 0.25) is 5.91 Å². The summed E-state index contributed by atoms with van der Waals surface area (Å²) in [6.45, 7) is 3.75. The van der Waals surface area contributed by atoms with Crippen LogP contribution in [0.2, 0.25) is 0 Å². The molecule has 4 heteroatoms. The molecule has 2 rings (SSSR count). The molecule has 4 nitrogen and oxygen atoms in total. The molecule has 1 aliphatic carbocycles. The largest absolute Gasteiger partial charge is 0.354 e. The van der Waals surface area contributed by atoms with Crippen LogP contribution in [0.3, 0.4) is 0 Å². The molecule has 1 aromatic rings. The molecule has 0 aromatic heterocycles. The van der Waals surface area contributed by atoms with Crippen molar-refractivity contribution in [2.24, 2.45) is 0 Å². The van der Waals surface area contributed by atoms with Crippen LogP contribution in [-0.2, 0) is 11.3 Å². The molecule has 1 fully saturated rings. The molecule has 1 N–H and O–H groups in total. The van der Waals surface area contributed by atoms with Crippen LogP contribution in [0.1, 0.15) is 30.4 Å². The molecule has 0 aliphatic heterocycles. The normalized spacial score (nSPS) is 14.1. The van der Waals surface area contributed by atoms with Gasteiger partial charge < -0.3 is 5.32 Å². The van der Waals surface area contributed by atoms with E-state index in [-0.39, 0.29) is 5.91 Å². The molecule has 1 saturated carbocycles. The number of nitrogens with zero attached hydrogens (tertiary/aromatic N) is 2. The Bertz CT molecular complexity index is 485. The zero-order chi connectivity index (χ0) is 14.4. The summed E-state index contributed by atoms with van der Waals surface area (Å²) in [5.74, 6) is 0.0132.